The van der Waals surface area contributed by atoms with Crippen molar-refractivity contribution in [2.24, 2.45) is 0 Å². The highest BCUT2D eigenvalue weighted by atomic mass is 19.2. The fraction of sp³-hybridized carbons (Fsp3) is 0. The molecular weight excluding hydrogens is 468 g/mol. The van der Waals surface area contributed by atoms with E-state index in [0.29, 0.717) is 53.9 Å². The molecule has 0 saturated heterocycles. The average Bonchev–Trinajstić information content (AvgIpc) is 2.87. The second kappa shape index (κ2) is 6.15. The molecule has 36 heavy (non-hydrogen) atoms. The highest BCUT2D eigenvalue weighted by Gasteiger charge is 2.23. The van der Waals surface area contributed by atoms with Crippen LogP contribution in [0.1, 0.15) is 0 Å². The van der Waals surface area contributed by atoms with Crippen molar-refractivity contribution < 1.29 is 17.6 Å². The van der Waals surface area contributed by atoms with E-state index in [1.165, 1.54) is 0 Å². The maximum Gasteiger partial charge on any atom is 0.194 e. The highest BCUT2D eigenvalue weighted by molar-refractivity contribution is 6.40. The first kappa shape index (κ1) is 19.7. The molecule has 0 heterocycles. The van der Waals surface area contributed by atoms with Gasteiger partial charge in [0, 0.05) is 32.3 Å². The molecular formula is C30H10F4O2. The summed E-state index contributed by atoms with van der Waals surface area (Å²) in [7, 11) is 0. The Bertz CT molecular complexity index is 2230. The van der Waals surface area contributed by atoms with Gasteiger partial charge in [0.1, 0.15) is 0 Å². The molecule has 0 bridgehead atoms. The summed E-state index contributed by atoms with van der Waals surface area (Å²) in [4.78, 5) is 26.7. The lowest BCUT2D eigenvalue weighted by Crippen LogP contribution is -2.07. The molecule has 0 aliphatic heterocycles. The fourth-order valence-electron chi connectivity index (χ4n) is 6.04. The van der Waals surface area contributed by atoms with Crippen molar-refractivity contribution in [1.82, 2.24) is 0 Å². The van der Waals surface area contributed by atoms with Crippen LogP contribution in [0.15, 0.2) is 70.3 Å². The van der Waals surface area contributed by atoms with Crippen molar-refractivity contribution in [1.29, 1.82) is 0 Å². The minimum Gasteiger partial charge on any atom is -0.289 e. The molecule has 8 aromatic carbocycles. The smallest absolute Gasteiger partial charge is 0.194 e. The van der Waals surface area contributed by atoms with Gasteiger partial charge in [-0.1, -0.05) is 12.1 Å². The zero-order valence-corrected chi connectivity index (χ0v) is 18.1. The monoisotopic (exact) mass is 478 g/mol. The Morgan fingerprint density at radius 1 is 0.361 bits per heavy atom. The van der Waals surface area contributed by atoms with Gasteiger partial charge in [-0.3, -0.25) is 9.59 Å². The van der Waals surface area contributed by atoms with Crippen molar-refractivity contribution in [2.45, 2.75) is 0 Å². The molecule has 8 rings (SSSR count). The number of hydrogen-bond donors (Lipinski definition) is 0. The molecule has 0 N–H and O–H groups in total. The van der Waals surface area contributed by atoms with Crippen molar-refractivity contribution in [3.63, 3.8) is 0 Å². The molecule has 0 aliphatic carbocycles. The third kappa shape index (κ3) is 2.14. The summed E-state index contributed by atoms with van der Waals surface area (Å²) in [6, 6.07) is 14.4. The summed E-state index contributed by atoms with van der Waals surface area (Å²) in [5.41, 5.74) is -0.832. The van der Waals surface area contributed by atoms with Crippen LogP contribution in [0.25, 0.3) is 75.4 Å². The van der Waals surface area contributed by atoms with Crippen molar-refractivity contribution in [3.8, 4) is 0 Å². The average molecular weight is 478 g/mol. The molecule has 2 nitrogen and oxygen atoms in total. The van der Waals surface area contributed by atoms with Gasteiger partial charge in [0.15, 0.2) is 34.1 Å². The normalized spacial score (nSPS) is 12.7. The topological polar surface area (TPSA) is 34.1 Å². The molecule has 8 aromatic rings. The Labute approximate surface area is 197 Å². The molecule has 0 aliphatic rings. The Morgan fingerprint density at radius 2 is 0.722 bits per heavy atom. The molecule has 0 unspecified atom stereocenters. The van der Waals surface area contributed by atoms with Crippen LogP contribution >= 0.6 is 0 Å². The van der Waals surface area contributed by atoms with Gasteiger partial charge in [-0.25, -0.2) is 17.6 Å². The van der Waals surface area contributed by atoms with Gasteiger partial charge in [-0.15, -0.1) is 0 Å². The Hall–Kier alpha value is -4.58. The molecule has 0 spiro atoms. The quantitative estimate of drug-likeness (QED) is 0.130. The summed E-state index contributed by atoms with van der Waals surface area (Å²) in [6.45, 7) is 0. The number of fused-ring (bicyclic) bond motifs is 4. The second-order valence-electron chi connectivity index (χ2n) is 9.30. The van der Waals surface area contributed by atoms with Crippen molar-refractivity contribution in [2.75, 3.05) is 0 Å². The summed E-state index contributed by atoms with van der Waals surface area (Å²) in [5, 5.41) is 6.74. The zero-order chi connectivity index (χ0) is 24.6. The van der Waals surface area contributed by atoms with Crippen LogP contribution in [0.4, 0.5) is 17.6 Å². The van der Waals surface area contributed by atoms with E-state index in [9.17, 15) is 27.2 Å². The van der Waals surface area contributed by atoms with Gasteiger partial charge in [-0.2, -0.15) is 0 Å². The van der Waals surface area contributed by atoms with Crippen LogP contribution < -0.4 is 10.9 Å². The molecule has 0 fully saturated rings. The van der Waals surface area contributed by atoms with E-state index in [4.69, 9.17) is 0 Å². The minimum atomic E-state index is -1.09. The summed E-state index contributed by atoms with van der Waals surface area (Å²) >= 11 is 0. The lowest BCUT2D eigenvalue weighted by atomic mass is 9.84. The second-order valence-corrected chi connectivity index (χ2v) is 9.30. The summed E-state index contributed by atoms with van der Waals surface area (Å²) < 4.78 is 56.7. The molecule has 170 valence electrons. The molecule has 0 radical (unpaired) electrons. The predicted molar refractivity (Wildman–Crippen MR) is 135 cm³/mol. The van der Waals surface area contributed by atoms with E-state index in [-0.39, 0.29) is 10.8 Å². The van der Waals surface area contributed by atoms with Gasteiger partial charge in [0.2, 0.25) is 0 Å². The van der Waals surface area contributed by atoms with Gasteiger partial charge < -0.3 is 0 Å². The Kier molecular flexibility index (Phi) is 3.37. The van der Waals surface area contributed by atoms with Crippen LogP contribution in [0.5, 0.6) is 0 Å². The first-order valence-corrected chi connectivity index (χ1v) is 11.2. The van der Waals surface area contributed by atoms with Crippen LogP contribution in [0.2, 0.25) is 0 Å². The standard InChI is InChI=1S/C30H10F4O2/c31-21-7-15-17-5-11-1-3-13-27-18(16-8-22(32)23(33)9-19(16)29(13)35)6-12-2-4-14(28(17)26(12)25(11)27)30(36)20(15)10-24(21)34/h1-10H. The summed E-state index contributed by atoms with van der Waals surface area (Å²) in [5.74, 6) is -4.29. The fourth-order valence-corrected chi connectivity index (χ4v) is 6.04. The lowest BCUT2D eigenvalue weighted by molar-refractivity contribution is 0.511. The first-order valence-electron chi connectivity index (χ1n) is 11.2. The molecule has 0 atom stereocenters. The van der Waals surface area contributed by atoms with Crippen molar-refractivity contribution >= 4 is 75.4 Å². The third-order valence-electron chi connectivity index (χ3n) is 7.54. The highest BCUT2D eigenvalue weighted by Crippen LogP contribution is 2.45. The zero-order valence-electron chi connectivity index (χ0n) is 18.1. The van der Waals surface area contributed by atoms with Crippen molar-refractivity contribution in [3.05, 3.63) is 104 Å². The predicted octanol–water partition coefficient (Wildman–Crippen LogP) is 7.35. The van der Waals surface area contributed by atoms with E-state index in [0.717, 1.165) is 35.0 Å². The van der Waals surface area contributed by atoms with Gasteiger partial charge in [-0.05, 0) is 91.6 Å². The number of halogens is 4. The number of rotatable bonds is 0. The van der Waals surface area contributed by atoms with Gasteiger partial charge in [0.25, 0.3) is 0 Å². The van der Waals surface area contributed by atoms with Crippen LogP contribution in [-0.4, -0.2) is 0 Å². The van der Waals surface area contributed by atoms with Crippen LogP contribution in [-0.2, 0) is 0 Å². The number of hydrogen-bond acceptors (Lipinski definition) is 2. The largest absolute Gasteiger partial charge is 0.289 e. The SMILES string of the molecule is O=c1c2cc(F)c(F)cc2c2cc3ccc4c(=O)c5cc(F)c(F)cc5c5cc6ccc1c2c6c3c45. The Morgan fingerprint density at radius 3 is 1.11 bits per heavy atom. The minimum absolute atomic E-state index is 0.0858. The van der Waals surface area contributed by atoms with E-state index >= 15 is 0 Å². The number of benzene rings is 8. The molecule has 0 saturated carbocycles. The van der Waals surface area contributed by atoms with Gasteiger partial charge in [0.05, 0.1) is 0 Å². The molecule has 0 aromatic heterocycles. The first-order chi connectivity index (χ1) is 17.3. The van der Waals surface area contributed by atoms with E-state index in [2.05, 4.69) is 0 Å². The lowest BCUT2D eigenvalue weighted by Gasteiger charge is -2.18. The summed E-state index contributed by atoms with van der Waals surface area (Å²) in [6.07, 6.45) is 0. The third-order valence-corrected chi connectivity index (χ3v) is 7.54. The Balaban J connectivity index is 1.74. The van der Waals surface area contributed by atoms with Crippen LogP contribution in [0, 0.1) is 23.3 Å². The van der Waals surface area contributed by atoms with Crippen LogP contribution in [0.3, 0.4) is 0 Å². The molecule has 0 amide bonds. The maximum atomic E-state index is 14.3. The van der Waals surface area contributed by atoms with Gasteiger partial charge >= 0.3 is 0 Å². The van der Waals surface area contributed by atoms with E-state index in [1.54, 1.807) is 24.3 Å². The molecule has 6 heteroatoms. The van der Waals surface area contributed by atoms with E-state index in [1.807, 2.05) is 12.1 Å². The maximum absolute atomic E-state index is 14.3. The van der Waals surface area contributed by atoms with E-state index < -0.39 is 34.1 Å².